The van der Waals surface area contributed by atoms with Crippen LogP contribution in [0.15, 0.2) is 60.7 Å². The molecule has 0 atom stereocenters. The minimum absolute atomic E-state index is 0.167. The highest BCUT2D eigenvalue weighted by molar-refractivity contribution is 5.18. The standard InChI is InChI=1S/C9H12O.C6H6O.C3H8O.C2H6O.CH4O/c10-8-4-7-9-5-2-1-3-6-9;7-6-4-2-1-3-5-6;1-3(2)4;1-2-3;1-2/h1-3,5-6,10H,4,7-8H2;1-5,7H;3-4H,1-2H3;3H,2H2,1H3;2H,1H3. The fourth-order valence-electron chi connectivity index (χ4n) is 1.36. The van der Waals surface area contributed by atoms with Gasteiger partial charge in [-0.15, -0.1) is 0 Å². The fraction of sp³-hybridized carbons (Fsp3) is 0.429. The van der Waals surface area contributed by atoms with E-state index < -0.39 is 0 Å². The molecule has 2 aromatic carbocycles. The number of aryl methyl sites for hydroxylation is 1. The summed E-state index contributed by atoms with van der Waals surface area (Å²) in [6.07, 6.45) is 1.68. The summed E-state index contributed by atoms with van der Waals surface area (Å²) in [6.45, 7) is 5.66. The van der Waals surface area contributed by atoms with E-state index in [-0.39, 0.29) is 19.3 Å². The number of hydrogen-bond acceptors (Lipinski definition) is 5. The molecule has 0 heterocycles. The lowest BCUT2D eigenvalue weighted by Crippen LogP contribution is -1.87. The molecule has 5 heteroatoms. The van der Waals surface area contributed by atoms with E-state index in [1.54, 1.807) is 45.0 Å². The highest BCUT2D eigenvalue weighted by Crippen LogP contribution is 2.03. The Balaban J connectivity index is -0.000000289. The summed E-state index contributed by atoms with van der Waals surface area (Å²) in [6, 6.07) is 18.9. The second kappa shape index (κ2) is 25.3. The average Bonchev–Trinajstić information content (AvgIpc) is 2.64. The van der Waals surface area contributed by atoms with Gasteiger partial charge in [-0.3, -0.25) is 0 Å². The zero-order valence-electron chi connectivity index (χ0n) is 16.4. The maximum atomic E-state index is 8.63. The van der Waals surface area contributed by atoms with Gasteiger partial charge >= 0.3 is 0 Å². The number of aromatic hydroxyl groups is 1. The lowest BCUT2D eigenvalue weighted by molar-refractivity contribution is 0.216. The van der Waals surface area contributed by atoms with Gasteiger partial charge in [-0.2, -0.15) is 0 Å². The number of aliphatic hydroxyl groups is 4. The number of rotatable bonds is 3. The molecular formula is C21H36O5. The number of benzene rings is 2. The van der Waals surface area contributed by atoms with E-state index in [1.165, 1.54) is 5.56 Å². The largest absolute Gasteiger partial charge is 0.508 e. The van der Waals surface area contributed by atoms with Gasteiger partial charge < -0.3 is 25.5 Å². The smallest absolute Gasteiger partial charge is 0.115 e. The number of phenolic OH excluding ortho intramolecular Hbond substituents is 1. The highest BCUT2D eigenvalue weighted by Gasteiger charge is 1.88. The quantitative estimate of drug-likeness (QED) is 0.573. The maximum Gasteiger partial charge on any atom is 0.115 e. The first kappa shape index (κ1) is 28.9. The molecule has 150 valence electrons. The first-order valence-electron chi connectivity index (χ1n) is 8.60. The molecule has 0 aliphatic heterocycles. The van der Waals surface area contributed by atoms with Crippen molar-refractivity contribution in [3.8, 4) is 5.75 Å². The SMILES string of the molecule is CC(C)O.CCO.CO.OCCCc1ccccc1.Oc1ccccc1. The van der Waals surface area contributed by atoms with Gasteiger partial charge in [0.1, 0.15) is 5.75 Å². The van der Waals surface area contributed by atoms with Crippen molar-refractivity contribution in [3.63, 3.8) is 0 Å². The van der Waals surface area contributed by atoms with Crippen molar-refractivity contribution in [3.05, 3.63) is 66.2 Å². The van der Waals surface area contributed by atoms with Crippen LogP contribution in [0, 0.1) is 0 Å². The van der Waals surface area contributed by atoms with E-state index in [4.69, 9.17) is 25.5 Å². The molecule has 0 saturated carbocycles. The van der Waals surface area contributed by atoms with Crippen molar-refractivity contribution in [1.29, 1.82) is 0 Å². The fourth-order valence-corrected chi connectivity index (χ4v) is 1.36. The molecule has 0 radical (unpaired) electrons. The van der Waals surface area contributed by atoms with Crippen LogP contribution >= 0.6 is 0 Å². The summed E-state index contributed by atoms with van der Waals surface area (Å²) in [4.78, 5) is 0. The Labute approximate surface area is 158 Å². The van der Waals surface area contributed by atoms with Crippen LogP contribution in [-0.2, 0) is 6.42 Å². The van der Waals surface area contributed by atoms with Gasteiger partial charge in [0.25, 0.3) is 0 Å². The van der Waals surface area contributed by atoms with Gasteiger partial charge in [0, 0.05) is 26.4 Å². The molecule has 5 N–H and O–H groups in total. The zero-order valence-corrected chi connectivity index (χ0v) is 16.4. The van der Waals surface area contributed by atoms with Gasteiger partial charge in [-0.1, -0.05) is 48.5 Å². The Hall–Kier alpha value is -1.92. The molecule has 2 rings (SSSR count). The number of aliphatic hydroxyl groups excluding tert-OH is 4. The Bertz CT molecular complexity index is 444. The molecule has 0 fully saturated rings. The van der Waals surface area contributed by atoms with Crippen LogP contribution < -0.4 is 0 Å². The van der Waals surface area contributed by atoms with Crippen LogP contribution in [0.1, 0.15) is 32.8 Å². The minimum atomic E-state index is -0.167. The van der Waals surface area contributed by atoms with Crippen LogP contribution in [0.5, 0.6) is 5.75 Å². The summed E-state index contributed by atoms with van der Waals surface area (Å²) in [5, 5.41) is 39.8. The van der Waals surface area contributed by atoms with E-state index >= 15 is 0 Å². The average molecular weight is 369 g/mol. The number of hydrogen-bond donors (Lipinski definition) is 5. The zero-order chi connectivity index (χ0) is 20.6. The van der Waals surface area contributed by atoms with Crippen LogP contribution in [0.3, 0.4) is 0 Å². The van der Waals surface area contributed by atoms with Crippen molar-refractivity contribution in [2.45, 2.75) is 39.7 Å². The Morgan fingerprint density at radius 3 is 1.42 bits per heavy atom. The molecule has 0 aliphatic rings. The Morgan fingerprint density at radius 1 is 0.808 bits per heavy atom. The van der Waals surface area contributed by atoms with Gasteiger partial charge in [-0.05, 0) is 51.3 Å². The lowest BCUT2D eigenvalue weighted by Gasteiger charge is -1.96. The first-order valence-corrected chi connectivity index (χ1v) is 8.60. The van der Waals surface area contributed by atoms with Gasteiger partial charge in [0.05, 0.1) is 0 Å². The second-order valence-corrected chi connectivity index (χ2v) is 5.06. The van der Waals surface area contributed by atoms with E-state index in [0.717, 1.165) is 20.0 Å². The molecule has 0 saturated heterocycles. The van der Waals surface area contributed by atoms with Crippen LogP contribution in [-0.4, -0.2) is 52.0 Å². The van der Waals surface area contributed by atoms with Gasteiger partial charge in [0.15, 0.2) is 0 Å². The third-order valence-electron chi connectivity index (χ3n) is 2.22. The van der Waals surface area contributed by atoms with Gasteiger partial charge in [0.2, 0.25) is 0 Å². The highest BCUT2D eigenvalue weighted by atomic mass is 16.3. The Morgan fingerprint density at radius 2 is 1.15 bits per heavy atom. The summed E-state index contributed by atoms with van der Waals surface area (Å²) < 4.78 is 0. The van der Waals surface area contributed by atoms with Crippen molar-refractivity contribution in [2.75, 3.05) is 20.3 Å². The van der Waals surface area contributed by atoms with Crippen LogP contribution in [0.4, 0.5) is 0 Å². The molecule has 0 aromatic heterocycles. The summed E-state index contributed by atoms with van der Waals surface area (Å²) in [7, 11) is 1.00. The molecular weight excluding hydrogens is 332 g/mol. The first-order chi connectivity index (χ1) is 12.5. The number of para-hydroxylation sites is 1. The summed E-state index contributed by atoms with van der Waals surface area (Å²) in [5.41, 5.74) is 1.30. The Kier molecular flexibility index (Phi) is 28.1. The molecule has 0 unspecified atom stereocenters. The van der Waals surface area contributed by atoms with Crippen LogP contribution in [0.25, 0.3) is 0 Å². The lowest BCUT2D eigenvalue weighted by atomic mass is 10.1. The summed E-state index contributed by atoms with van der Waals surface area (Å²) in [5.74, 6) is 0.322. The normalized spacial score (nSPS) is 8.35. The predicted octanol–water partition coefficient (Wildman–Crippen LogP) is 3.00. The molecule has 0 bridgehead atoms. The maximum absolute atomic E-state index is 8.63. The third kappa shape index (κ3) is 30.0. The van der Waals surface area contributed by atoms with E-state index in [2.05, 4.69) is 12.1 Å². The molecule has 5 nitrogen and oxygen atoms in total. The van der Waals surface area contributed by atoms with E-state index in [9.17, 15) is 0 Å². The van der Waals surface area contributed by atoms with Crippen molar-refractivity contribution >= 4 is 0 Å². The predicted molar refractivity (Wildman–Crippen MR) is 108 cm³/mol. The summed E-state index contributed by atoms with van der Waals surface area (Å²) >= 11 is 0. The van der Waals surface area contributed by atoms with E-state index in [0.29, 0.717) is 5.75 Å². The molecule has 0 spiro atoms. The third-order valence-corrected chi connectivity index (χ3v) is 2.22. The monoisotopic (exact) mass is 368 g/mol. The van der Waals surface area contributed by atoms with Crippen molar-refractivity contribution in [1.82, 2.24) is 0 Å². The number of phenols is 1. The van der Waals surface area contributed by atoms with E-state index in [1.807, 2.05) is 24.3 Å². The van der Waals surface area contributed by atoms with Crippen LogP contribution in [0.2, 0.25) is 0 Å². The van der Waals surface area contributed by atoms with Gasteiger partial charge in [-0.25, -0.2) is 0 Å². The topological polar surface area (TPSA) is 101 Å². The molecule has 0 amide bonds. The minimum Gasteiger partial charge on any atom is -0.508 e. The molecule has 0 aliphatic carbocycles. The molecule has 2 aromatic rings. The molecule has 26 heavy (non-hydrogen) atoms. The van der Waals surface area contributed by atoms with Crippen molar-refractivity contribution < 1.29 is 25.5 Å². The second-order valence-electron chi connectivity index (χ2n) is 5.06. The van der Waals surface area contributed by atoms with Crippen molar-refractivity contribution in [2.24, 2.45) is 0 Å².